The highest BCUT2D eigenvalue weighted by molar-refractivity contribution is 5.89. The number of hydrogen-bond donors (Lipinski definition) is 0. The van der Waals surface area contributed by atoms with E-state index in [2.05, 4.69) is 59.5 Å². The summed E-state index contributed by atoms with van der Waals surface area (Å²) in [6, 6.07) is 17.6. The van der Waals surface area contributed by atoms with Crippen molar-refractivity contribution in [1.29, 1.82) is 0 Å². The molecule has 1 atom stereocenters. The maximum absolute atomic E-state index is 6.13. The summed E-state index contributed by atoms with van der Waals surface area (Å²) < 4.78 is 23.6. The van der Waals surface area contributed by atoms with Crippen LogP contribution in [0.1, 0.15) is 65.1 Å². The molecule has 0 amide bonds. The van der Waals surface area contributed by atoms with Crippen molar-refractivity contribution in [3.8, 4) is 23.0 Å². The number of nitrogens with zero attached hydrogens (tertiary/aromatic N) is 1. The molecule has 3 heterocycles. The van der Waals surface area contributed by atoms with E-state index >= 15 is 0 Å². The molecule has 0 saturated heterocycles. The standard InChI is InChI=1S/C33H35NO4/c1-35-30-17-23(13-12-21-8-4-3-5-9-21)26-18-27-25-19-29-28(37-20-38-29)16-24(25)14-15-34(27)32(22-10-6-7-11-22)31(26)33(30)36-2/h3-5,8-9,16-19,22,32H,6-7,10-15,20H2,1-2H3/t32-/m0/s1. The molecule has 5 heteroatoms. The van der Waals surface area contributed by atoms with Crippen LogP contribution in [-0.2, 0) is 19.3 Å². The van der Waals surface area contributed by atoms with Crippen molar-refractivity contribution >= 4 is 11.8 Å². The van der Waals surface area contributed by atoms with E-state index in [1.54, 1.807) is 14.2 Å². The molecule has 3 aromatic rings. The minimum Gasteiger partial charge on any atom is -0.493 e. The van der Waals surface area contributed by atoms with Crippen molar-refractivity contribution in [3.63, 3.8) is 0 Å². The van der Waals surface area contributed by atoms with Gasteiger partial charge in [-0.3, -0.25) is 0 Å². The number of fused-ring (bicyclic) bond motifs is 5. The molecule has 0 N–H and O–H groups in total. The Kier molecular flexibility index (Phi) is 5.95. The predicted molar refractivity (Wildman–Crippen MR) is 149 cm³/mol. The lowest BCUT2D eigenvalue weighted by atomic mass is 9.78. The van der Waals surface area contributed by atoms with Gasteiger partial charge in [0.15, 0.2) is 23.0 Å². The highest BCUT2D eigenvalue weighted by Gasteiger charge is 2.42. The summed E-state index contributed by atoms with van der Waals surface area (Å²) in [5.41, 5.74) is 9.23. The van der Waals surface area contributed by atoms with E-state index in [0.29, 0.717) is 12.7 Å². The normalized spacial score (nSPS) is 19.5. The quantitative estimate of drug-likeness (QED) is 0.365. The molecule has 1 fully saturated rings. The summed E-state index contributed by atoms with van der Waals surface area (Å²) in [6.07, 6.45) is 10.4. The summed E-state index contributed by atoms with van der Waals surface area (Å²) in [7, 11) is 3.55. The Bertz CT molecular complexity index is 1390. The molecule has 38 heavy (non-hydrogen) atoms. The third-order valence-electron chi connectivity index (χ3n) is 8.92. The van der Waals surface area contributed by atoms with Crippen LogP contribution in [0.5, 0.6) is 23.0 Å². The zero-order valence-corrected chi connectivity index (χ0v) is 22.3. The van der Waals surface area contributed by atoms with E-state index in [1.165, 1.54) is 64.8 Å². The summed E-state index contributed by atoms with van der Waals surface area (Å²) in [6.45, 7) is 1.29. The summed E-state index contributed by atoms with van der Waals surface area (Å²) >= 11 is 0. The van der Waals surface area contributed by atoms with Gasteiger partial charge in [-0.2, -0.15) is 0 Å². The third kappa shape index (κ3) is 3.82. The van der Waals surface area contributed by atoms with Gasteiger partial charge in [-0.1, -0.05) is 43.2 Å². The Balaban J connectivity index is 1.42. The van der Waals surface area contributed by atoms with Gasteiger partial charge in [0.1, 0.15) is 0 Å². The molecule has 0 spiro atoms. The van der Waals surface area contributed by atoms with Gasteiger partial charge in [0.25, 0.3) is 0 Å². The second-order valence-electron chi connectivity index (χ2n) is 10.9. The second-order valence-corrected chi connectivity index (χ2v) is 10.9. The average Bonchev–Trinajstić information content (AvgIpc) is 3.66. The largest absolute Gasteiger partial charge is 0.493 e. The Labute approximate surface area is 225 Å². The molecule has 3 aliphatic heterocycles. The van der Waals surface area contributed by atoms with E-state index in [4.69, 9.17) is 18.9 Å². The fourth-order valence-corrected chi connectivity index (χ4v) is 7.14. The summed E-state index contributed by atoms with van der Waals surface area (Å²) in [5.74, 6) is 4.06. The molecular weight excluding hydrogens is 474 g/mol. The zero-order valence-electron chi connectivity index (χ0n) is 22.3. The molecule has 196 valence electrons. The summed E-state index contributed by atoms with van der Waals surface area (Å²) in [5, 5.41) is 0. The van der Waals surface area contributed by atoms with Crippen LogP contribution >= 0.6 is 0 Å². The van der Waals surface area contributed by atoms with E-state index < -0.39 is 0 Å². The maximum Gasteiger partial charge on any atom is 0.231 e. The Morgan fingerprint density at radius 3 is 2.47 bits per heavy atom. The number of rotatable bonds is 6. The van der Waals surface area contributed by atoms with Crippen LogP contribution in [0.25, 0.3) is 11.8 Å². The van der Waals surface area contributed by atoms with E-state index in [-0.39, 0.29) is 6.04 Å². The van der Waals surface area contributed by atoms with Gasteiger partial charge in [0.05, 0.1) is 20.3 Å². The molecule has 7 rings (SSSR count). The highest BCUT2D eigenvalue weighted by Crippen LogP contribution is 2.55. The van der Waals surface area contributed by atoms with Gasteiger partial charge in [0.2, 0.25) is 6.79 Å². The second kappa shape index (κ2) is 9.61. The predicted octanol–water partition coefficient (Wildman–Crippen LogP) is 6.82. The van der Waals surface area contributed by atoms with Crippen molar-refractivity contribution in [1.82, 2.24) is 4.90 Å². The van der Waals surface area contributed by atoms with Gasteiger partial charge >= 0.3 is 0 Å². The van der Waals surface area contributed by atoms with Gasteiger partial charge in [-0.15, -0.1) is 0 Å². The molecule has 0 bridgehead atoms. The van der Waals surface area contributed by atoms with Gasteiger partial charge in [0, 0.05) is 23.4 Å². The molecule has 0 aromatic heterocycles. The molecule has 3 aromatic carbocycles. The Morgan fingerprint density at radius 1 is 0.921 bits per heavy atom. The molecule has 0 radical (unpaired) electrons. The van der Waals surface area contributed by atoms with Crippen LogP contribution in [-0.4, -0.2) is 32.5 Å². The Hall–Kier alpha value is -3.60. The fraction of sp³-hybridized carbons (Fsp3) is 0.394. The van der Waals surface area contributed by atoms with Crippen LogP contribution in [0.15, 0.2) is 48.5 Å². The number of aryl methyl sites for hydroxylation is 2. The minimum absolute atomic E-state index is 0.270. The fourth-order valence-electron chi connectivity index (χ4n) is 7.14. The van der Waals surface area contributed by atoms with Gasteiger partial charge in [-0.05, 0) is 84.6 Å². The summed E-state index contributed by atoms with van der Waals surface area (Å²) in [4.78, 5) is 2.66. The van der Waals surface area contributed by atoms with Crippen LogP contribution in [0, 0.1) is 5.92 Å². The monoisotopic (exact) mass is 509 g/mol. The third-order valence-corrected chi connectivity index (χ3v) is 8.92. The van der Waals surface area contributed by atoms with Crippen molar-refractivity contribution in [2.24, 2.45) is 5.92 Å². The van der Waals surface area contributed by atoms with E-state index in [1.807, 2.05) is 0 Å². The van der Waals surface area contributed by atoms with Crippen molar-refractivity contribution in [3.05, 3.63) is 81.9 Å². The smallest absolute Gasteiger partial charge is 0.231 e. The van der Waals surface area contributed by atoms with Crippen LogP contribution in [0.2, 0.25) is 0 Å². The zero-order chi connectivity index (χ0) is 25.6. The van der Waals surface area contributed by atoms with E-state index in [0.717, 1.165) is 48.8 Å². The molecule has 1 saturated carbocycles. The first-order valence-corrected chi connectivity index (χ1v) is 14.0. The van der Waals surface area contributed by atoms with Crippen LogP contribution in [0.3, 0.4) is 0 Å². The van der Waals surface area contributed by atoms with Crippen LogP contribution < -0.4 is 18.9 Å². The topological polar surface area (TPSA) is 40.2 Å². The van der Waals surface area contributed by atoms with Crippen molar-refractivity contribution < 1.29 is 18.9 Å². The first-order chi connectivity index (χ1) is 18.7. The Morgan fingerprint density at radius 2 is 1.71 bits per heavy atom. The first kappa shape index (κ1) is 23.5. The number of methoxy groups -OCH3 is 2. The van der Waals surface area contributed by atoms with Gasteiger partial charge < -0.3 is 23.8 Å². The first-order valence-electron chi connectivity index (χ1n) is 14.0. The average molecular weight is 510 g/mol. The molecule has 4 aliphatic rings. The number of benzene rings is 3. The number of hydrogen-bond acceptors (Lipinski definition) is 5. The van der Waals surface area contributed by atoms with Crippen molar-refractivity contribution in [2.75, 3.05) is 27.6 Å². The molecular formula is C33H35NO4. The molecule has 0 unspecified atom stereocenters. The SMILES string of the molecule is COc1cc(CCc2ccccc2)c2c(c1OC)[C@H](C1CCCC1)N1CCc3cc4c(cc3C1=C2)OCO4. The number of ether oxygens (including phenoxy) is 4. The van der Waals surface area contributed by atoms with Crippen LogP contribution in [0.4, 0.5) is 0 Å². The van der Waals surface area contributed by atoms with E-state index in [9.17, 15) is 0 Å². The lowest BCUT2D eigenvalue weighted by Gasteiger charge is -2.46. The van der Waals surface area contributed by atoms with Gasteiger partial charge in [-0.25, -0.2) is 0 Å². The molecule has 1 aliphatic carbocycles. The van der Waals surface area contributed by atoms with Crippen molar-refractivity contribution in [2.45, 2.75) is 51.0 Å². The minimum atomic E-state index is 0.270. The molecule has 5 nitrogen and oxygen atoms in total. The highest BCUT2D eigenvalue weighted by atomic mass is 16.7. The lowest BCUT2D eigenvalue weighted by Crippen LogP contribution is -2.39. The maximum atomic E-state index is 6.13. The lowest BCUT2D eigenvalue weighted by molar-refractivity contribution is 0.174.